The molecule has 2 heterocycles. The molecular formula is C13H13N5. The maximum absolute atomic E-state index is 4.31. The largest absolute Gasteiger partial charge is 0.283 e. The molecule has 1 aromatic carbocycles. The van der Waals surface area contributed by atoms with Crippen molar-refractivity contribution in [2.45, 2.75) is 13.5 Å². The summed E-state index contributed by atoms with van der Waals surface area (Å²) in [4.78, 5) is 1.52. The van der Waals surface area contributed by atoms with Crippen LogP contribution in [0.3, 0.4) is 0 Å². The number of hydrogen-bond acceptors (Lipinski definition) is 3. The molecule has 0 atom stereocenters. The van der Waals surface area contributed by atoms with Crippen LogP contribution in [0.2, 0.25) is 0 Å². The van der Waals surface area contributed by atoms with Gasteiger partial charge in [0, 0.05) is 11.6 Å². The zero-order valence-corrected chi connectivity index (χ0v) is 10.1. The first kappa shape index (κ1) is 10.7. The maximum atomic E-state index is 4.31. The molecule has 0 bridgehead atoms. The highest BCUT2D eigenvalue weighted by Crippen LogP contribution is 2.21. The van der Waals surface area contributed by atoms with Crippen molar-refractivity contribution >= 4 is 10.9 Å². The molecule has 0 N–H and O–H groups in total. The first-order chi connectivity index (χ1) is 8.79. The third-order valence-electron chi connectivity index (χ3n) is 2.90. The van der Waals surface area contributed by atoms with Crippen LogP contribution < -0.4 is 0 Å². The van der Waals surface area contributed by atoms with E-state index in [1.165, 1.54) is 15.7 Å². The number of nitrogens with zero attached hydrogens (tertiary/aromatic N) is 5. The Bertz CT molecular complexity index is 707. The Kier molecular flexibility index (Phi) is 2.44. The predicted octanol–water partition coefficient (Wildman–Crippen LogP) is 2.11. The van der Waals surface area contributed by atoms with Gasteiger partial charge in [-0.05, 0) is 29.8 Å². The summed E-state index contributed by atoms with van der Waals surface area (Å²) >= 11 is 0. The van der Waals surface area contributed by atoms with Crippen molar-refractivity contribution in [3.63, 3.8) is 0 Å². The molecule has 0 aliphatic heterocycles. The SMILES string of the molecule is C=CCn1nnc(-n2ccc3c(C)cccc32)n1. The number of hydrogen-bond donors (Lipinski definition) is 0. The van der Waals surface area contributed by atoms with Crippen molar-refractivity contribution in [2.24, 2.45) is 0 Å². The Morgan fingerprint density at radius 3 is 3.06 bits per heavy atom. The molecule has 90 valence electrons. The lowest BCUT2D eigenvalue weighted by Crippen LogP contribution is -2.01. The van der Waals surface area contributed by atoms with E-state index in [9.17, 15) is 0 Å². The maximum Gasteiger partial charge on any atom is 0.274 e. The Labute approximate surface area is 104 Å². The highest BCUT2D eigenvalue weighted by molar-refractivity contribution is 5.84. The third-order valence-corrected chi connectivity index (χ3v) is 2.90. The van der Waals surface area contributed by atoms with E-state index in [2.05, 4.69) is 47.1 Å². The summed E-state index contributed by atoms with van der Waals surface area (Å²) in [6, 6.07) is 8.24. The van der Waals surface area contributed by atoms with Crippen molar-refractivity contribution in [3.8, 4) is 5.95 Å². The van der Waals surface area contributed by atoms with Gasteiger partial charge in [0.25, 0.3) is 5.95 Å². The van der Waals surface area contributed by atoms with Crippen molar-refractivity contribution < 1.29 is 0 Å². The molecule has 0 fully saturated rings. The summed E-state index contributed by atoms with van der Waals surface area (Å²) < 4.78 is 1.94. The van der Waals surface area contributed by atoms with Gasteiger partial charge in [0.1, 0.15) is 0 Å². The normalized spacial score (nSPS) is 10.9. The summed E-state index contributed by atoms with van der Waals surface area (Å²) in [6.07, 6.45) is 3.70. The molecule has 0 radical (unpaired) electrons. The summed E-state index contributed by atoms with van der Waals surface area (Å²) in [5.41, 5.74) is 2.33. The Morgan fingerprint density at radius 1 is 1.33 bits per heavy atom. The number of fused-ring (bicyclic) bond motifs is 1. The molecule has 18 heavy (non-hydrogen) atoms. The van der Waals surface area contributed by atoms with E-state index in [1.807, 2.05) is 16.8 Å². The minimum Gasteiger partial charge on any atom is -0.283 e. The van der Waals surface area contributed by atoms with Crippen LogP contribution in [0.5, 0.6) is 0 Å². The monoisotopic (exact) mass is 239 g/mol. The molecule has 2 aromatic heterocycles. The molecule has 0 spiro atoms. The van der Waals surface area contributed by atoms with E-state index in [0.29, 0.717) is 12.5 Å². The van der Waals surface area contributed by atoms with E-state index < -0.39 is 0 Å². The van der Waals surface area contributed by atoms with Gasteiger partial charge in [-0.15, -0.1) is 11.7 Å². The zero-order chi connectivity index (χ0) is 12.5. The van der Waals surface area contributed by atoms with Crippen LogP contribution in [0.4, 0.5) is 0 Å². The molecule has 0 saturated heterocycles. The summed E-state index contributed by atoms with van der Waals surface area (Å²) in [7, 11) is 0. The molecule has 0 amide bonds. The second-order valence-corrected chi connectivity index (χ2v) is 4.13. The number of benzene rings is 1. The molecule has 5 nitrogen and oxygen atoms in total. The predicted molar refractivity (Wildman–Crippen MR) is 69.6 cm³/mol. The van der Waals surface area contributed by atoms with Crippen molar-refractivity contribution in [3.05, 3.63) is 48.7 Å². The van der Waals surface area contributed by atoms with Crippen LogP contribution in [-0.4, -0.2) is 24.8 Å². The molecule has 0 saturated carbocycles. The number of allylic oxidation sites excluding steroid dienone is 1. The number of tetrazole rings is 1. The lowest BCUT2D eigenvalue weighted by Gasteiger charge is -1.99. The third kappa shape index (κ3) is 1.60. The highest BCUT2D eigenvalue weighted by Gasteiger charge is 2.08. The van der Waals surface area contributed by atoms with Crippen LogP contribution in [0.25, 0.3) is 16.9 Å². The second-order valence-electron chi connectivity index (χ2n) is 4.13. The van der Waals surface area contributed by atoms with Gasteiger partial charge in [0.05, 0.1) is 12.1 Å². The Hall–Kier alpha value is -2.43. The van der Waals surface area contributed by atoms with Gasteiger partial charge >= 0.3 is 0 Å². The molecular weight excluding hydrogens is 226 g/mol. The second kappa shape index (κ2) is 4.10. The fraction of sp³-hybridized carbons (Fsp3) is 0.154. The number of aromatic nitrogens is 5. The molecule has 0 aliphatic rings. The smallest absolute Gasteiger partial charge is 0.274 e. The van der Waals surface area contributed by atoms with Crippen molar-refractivity contribution in [1.82, 2.24) is 24.8 Å². The van der Waals surface area contributed by atoms with Crippen LogP contribution in [0.15, 0.2) is 43.1 Å². The van der Waals surface area contributed by atoms with Crippen molar-refractivity contribution in [1.29, 1.82) is 0 Å². The van der Waals surface area contributed by atoms with Crippen LogP contribution >= 0.6 is 0 Å². The van der Waals surface area contributed by atoms with Crippen LogP contribution in [-0.2, 0) is 6.54 Å². The average molecular weight is 239 g/mol. The van der Waals surface area contributed by atoms with Gasteiger partial charge in [-0.3, -0.25) is 4.57 Å². The van der Waals surface area contributed by atoms with Gasteiger partial charge in [0.15, 0.2) is 0 Å². The Balaban J connectivity index is 2.13. The summed E-state index contributed by atoms with van der Waals surface area (Å²) in [5, 5.41) is 13.5. The molecule has 5 heteroatoms. The average Bonchev–Trinajstić information content (AvgIpc) is 2.96. The van der Waals surface area contributed by atoms with Gasteiger partial charge in [-0.25, -0.2) is 0 Å². The standard InChI is InChI=1S/C13H13N5/c1-3-8-18-15-13(14-16-18)17-9-7-11-10(2)5-4-6-12(11)17/h3-7,9H,1,8H2,2H3. The lowest BCUT2D eigenvalue weighted by atomic mass is 10.1. The first-order valence-electron chi connectivity index (χ1n) is 5.75. The van der Waals surface area contributed by atoms with Crippen molar-refractivity contribution in [2.75, 3.05) is 0 Å². The topological polar surface area (TPSA) is 48.5 Å². The van der Waals surface area contributed by atoms with E-state index in [-0.39, 0.29) is 0 Å². The number of rotatable bonds is 3. The molecule has 0 unspecified atom stereocenters. The number of aryl methyl sites for hydroxylation is 1. The van der Waals surface area contributed by atoms with Gasteiger partial charge in [0.2, 0.25) is 0 Å². The Morgan fingerprint density at radius 2 is 2.22 bits per heavy atom. The van der Waals surface area contributed by atoms with E-state index in [1.54, 1.807) is 6.08 Å². The minimum absolute atomic E-state index is 0.561. The zero-order valence-electron chi connectivity index (χ0n) is 10.1. The van der Waals surface area contributed by atoms with Crippen LogP contribution in [0, 0.1) is 6.92 Å². The van der Waals surface area contributed by atoms with E-state index >= 15 is 0 Å². The fourth-order valence-corrected chi connectivity index (χ4v) is 2.02. The fourth-order valence-electron chi connectivity index (χ4n) is 2.02. The van der Waals surface area contributed by atoms with E-state index in [0.717, 1.165) is 5.52 Å². The van der Waals surface area contributed by atoms with Gasteiger partial charge in [-0.1, -0.05) is 23.3 Å². The summed E-state index contributed by atoms with van der Waals surface area (Å²) in [6.45, 7) is 6.31. The summed E-state index contributed by atoms with van der Waals surface area (Å²) in [5.74, 6) is 0.581. The lowest BCUT2D eigenvalue weighted by molar-refractivity contribution is 0.582. The minimum atomic E-state index is 0.561. The first-order valence-corrected chi connectivity index (χ1v) is 5.75. The highest BCUT2D eigenvalue weighted by atomic mass is 15.6. The molecule has 3 rings (SSSR count). The molecule has 0 aliphatic carbocycles. The van der Waals surface area contributed by atoms with Gasteiger partial charge < -0.3 is 0 Å². The van der Waals surface area contributed by atoms with E-state index in [4.69, 9.17) is 0 Å². The quantitative estimate of drug-likeness (QED) is 0.658. The molecule has 3 aromatic rings. The van der Waals surface area contributed by atoms with Gasteiger partial charge in [-0.2, -0.15) is 4.80 Å². The van der Waals surface area contributed by atoms with Crippen LogP contribution in [0.1, 0.15) is 5.56 Å².